The lowest BCUT2D eigenvalue weighted by atomic mass is 10.0. The van der Waals surface area contributed by atoms with Gasteiger partial charge in [0.15, 0.2) is 11.4 Å². The molecular weight excluding hydrogens is 821 g/mol. The van der Waals surface area contributed by atoms with Crippen LogP contribution in [0.4, 0.5) is 11.4 Å². The molecule has 2 aromatic rings. The molecule has 0 aromatic heterocycles. The number of benzene rings is 2. The molecule has 2 aromatic carbocycles. The van der Waals surface area contributed by atoms with Gasteiger partial charge in [0, 0.05) is 0 Å². The van der Waals surface area contributed by atoms with Gasteiger partial charge < -0.3 is 9.47 Å². The summed E-state index contributed by atoms with van der Waals surface area (Å²) in [4.78, 5) is 47.3. The van der Waals surface area contributed by atoms with Crippen LogP contribution in [0.5, 0.6) is 0 Å². The number of allylic oxidation sites excluding steroid dienone is 6. The fraction of sp³-hybridized carbons (Fsp3) is 0.103. The van der Waals surface area contributed by atoms with Crippen LogP contribution in [0.1, 0.15) is 0 Å². The van der Waals surface area contributed by atoms with E-state index < -0.39 is 118 Å². The summed E-state index contributed by atoms with van der Waals surface area (Å²) in [6.45, 7) is 0. The number of hydrogen-bond acceptors (Lipinski definition) is 16. The van der Waals surface area contributed by atoms with Crippen molar-refractivity contribution in [2.45, 2.75) is 19.6 Å². The minimum Gasteiger partial charge on any atom is -0.464 e. The Morgan fingerprint density at radius 1 is 0.618 bits per heavy atom. The Bertz CT molecular complexity index is 2560. The molecule has 2 aliphatic heterocycles. The molecule has 0 saturated heterocycles. The van der Waals surface area contributed by atoms with Gasteiger partial charge >= 0.3 is 11.9 Å². The first-order valence-corrected chi connectivity index (χ1v) is 20.1. The number of carbonyl (C=O) groups is 4. The van der Waals surface area contributed by atoms with Crippen molar-refractivity contribution >= 4 is 87.0 Å². The number of methoxy groups -OCH3 is 2. The van der Waals surface area contributed by atoms with Crippen molar-refractivity contribution in [2.75, 3.05) is 24.2 Å². The van der Waals surface area contributed by atoms with E-state index in [1.165, 1.54) is 30.4 Å². The Labute approximate surface area is 311 Å². The lowest BCUT2D eigenvalue weighted by Gasteiger charge is -2.14. The van der Waals surface area contributed by atoms with Crippen LogP contribution in [-0.4, -0.2) is 101 Å². The maximum Gasteiger partial charge on any atom is 0.359 e. The van der Waals surface area contributed by atoms with Gasteiger partial charge in [0.25, 0.3) is 52.3 Å². The zero-order chi connectivity index (χ0) is 41.3. The lowest BCUT2D eigenvalue weighted by molar-refractivity contribution is -0.133. The SMILES string of the molecule is COC(=O)C1=NN(c2cc(S(=O)(=O)O)cc(S(=O)(=O)O)c2)C(=O)\C1=C/C=C/C=C/C=C/C1C(=O)N(c2cc(S(=O)(=O)O)cc(S(=O)(=O)O)c2)N=C1C(=O)OC. The van der Waals surface area contributed by atoms with E-state index in [9.17, 15) is 71.1 Å². The molecule has 1 atom stereocenters. The second-order valence-electron chi connectivity index (χ2n) is 10.6. The molecule has 0 spiro atoms. The molecule has 292 valence electrons. The second-order valence-corrected chi connectivity index (χ2v) is 16.3. The van der Waals surface area contributed by atoms with Crippen LogP contribution in [0.15, 0.2) is 114 Å². The molecule has 0 saturated carbocycles. The summed E-state index contributed by atoms with van der Waals surface area (Å²) in [5.74, 6) is -5.88. The lowest BCUT2D eigenvalue weighted by Crippen LogP contribution is -2.29. The van der Waals surface area contributed by atoms with Crippen LogP contribution >= 0.6 is 0 Å². The van der Waals surface area contributed by atoms with Crippen molar-refractivity contribution in [2.24, 2.45) is 16.1 Å². The first-order chi connectivity index (χ1) is 25.4. The standard InChI is InChI=1S/C29H24N4O18S4/c1-50-28(36)24-22(26(34)32(30-24)16-10-18(52(38,39)40)14-19(11-16)53(41,42)43)8-6-4-3-5-7-9-23-25(29(37)51-2)31-33(27(23)35)17-12-20(54(44,45)46)15-21(13-17)55(47,48)49/h3-15,22H,1-2H3,(H,38,39,40)(H,41,42,43)(H,44,45,46)(H,47,48,49)/b4-3+,7-5+,8-6+,23-9-. The average Bonchev–Trinajstić information content (AvgIpc) is 3.60. The van der Waals surface area contributed by atoms with Crippen molar-refractivity contribution in [3.8, 4) is 0 Å². The molecule has 1 unspecified atom stereocenters. The summed E-state index contributed by atoms with van der Waals surface area (Å²) >= 11 is 0. The summed E-state index contributed by atoms with van der Waals surface area (Å²) in [6.07, 6.45) is 8.53. The van der Waals surface area contributed by atoms with Crippen molar-refractivity contribution < 1.29 is 80.5 Å². The fourth-order valence-corrected chi connectivity index (χ4v) is 6.89. The highest BCUT2D eigenvalue weighted by molar-refractivity contribution is 7.87. The van der Waals surface area contributed by atoms with Crippen molar-refractivity contribution in [1.82, 2.24) is 0 Å². The Kier molecular flexibility index (Phi) is 11.9. The van der Waals surface area contributed by atoms with Gasteiger partial charge in [0.1, 0.15) is 5.92 Å². The van der Waals surface area contributed by atoms with E-state index in [-0.39, 0.29) is 0 Å². The zero-order valence-electron chi connectivity index (χ0n) is 27.5. The number of anilines is 2. The Balaban J connectivity index is 1.61. The van der Waals surface area contributed by atoms with E-state index in [4.69, 9.17) is 0 Å². The zero-order valence-corrected chi connectivity index (χ0v) is 30.8. The summed E-state index contributed by atoms with van der Waals surface area (Å²) in [5.41, 5.74) is -2.75. The number of hydrazone groups is 2. The molecule has 55 heavy (non-hydrogen) atoms. The molecule has 22 nitrogen and oxygen atoms in total. The molecule has 0 bridgehead atoms. The molecule has 4 rings (SSSR count). The van der Waals surface area contributed by atoms with E-state index in [1.54, 1.807) is 0 Å². The van der Waals surface area contributed by atoms with Crippen molar-refractivity contribution in [1.29, 1.82) is 0 Å². The number of nitrogens with zero attached hydrogens (tertiary/aromatic N) is 4. The van der Waals surface area contributed by atoms with Crippen LogP contribution in [-0.2, 0) is 69.1 Å². The van der Waals surface area contributed by atoms with Crippen LogP contribution in [0, 0.1) is 5.92 Å². The molecule has 2 aliphatic rings. The number of rotatable bonds is 12. The van der Waals surface area contributed by atoms with E-state index in [0.717, 1.165) is 26.4 Å². The summed E-state index contributed by atoms with van der Waals surface area (Å²) in [5, 5.41) is 8.46. The first kappa shape index (κ1) is 42.0. The van der Waals surface area contributed by atoms with Gasteiger partial charge in [0.05, 0.1) is 50.7 Å². The minimum atomic E-state index is -5.07. The van der Waals surface area contributed by atoms with Crippen molar-refractivity contribution in [3.05, 3.63) is 84.5 Å². The van der Waals surface area contributed by atoms with Gasteiger partial charge in [-0.2, -0.15) is 53.9 Å². The number of esters is 2. The first-order valence-electron chi connectivity index (χ1n) is 14.3. The topological polar surface area (TPSA) is 335 Å². The minimum absolute atomic E-state index is 0.412. The third kappa shape index (κ3) is 9.50. The number of carbonyl (C=O) groups excluding carboxylic acids is 4. The summed E-state index contributed by atoms with van der Waals surface area (Å²) in [7, 11) is -18.4. The second kappa shape index (κ2) is 15.5. The van der Waals surface area contributed by atoms with Gasteiger partial charge in [-0.25, -0.2) is 9.59 Å². The summed E-state index contributed by atoms with van der Waals surface area (Å²) < 4.78 is 141. The highest BCUT2D eigenvalue weighted by Gasteiger charge is 2.40. The molecule has 2 amide bonds. The molecule has 0 fully saturated rings. The van der Waals surface area contributed by atoms with Gasteiger partial charge in [-0.3, -0.25) is 27.8 Å². The maximum absolute atomic E-state index is 13.3. The highest BCUT2D eigenvalue weighted by atomic mass is 32.2. The van der Waals surface area contributed by atoms with Crippen LogP contribution in [0.25, 0.3) is 0 Å². The molecular formula is C29H24N4O18S4. The Morgan fingerprint density at radius 3 is 1.47 bits per heavy atom. The quantitative estimate of drug-likeness (QED) is 0.0968. The highest BCUT2D eigenvalue weighted by Crippen LogP contribution is 2.31. The fourth-order valence-electron chi connectivity index (χ4n) is 4.56. The van der Waals surface area contributed by atoms with Crippen LogP contribution in [0.3, 0.4) is 0 Å². The predicted octanol–water partition coefficient (Wildman–Crippen LogP) is 0.336. The van der Waals surface area contributed by atoms with Crippen molar-refractivity contribution in [3.63, 3.8) is 0 Å². The number of ether oxygens (including phenoxy) is 2. The summed E-state index contributed by atoms with van der Waals surface area (Å²) in [6, 6.07) is 3.43. The van der Waals surface area contributed by atoms with E-state index in [1.807, 2.05) is 0 Å². The van der Waals surface area contributed by atoms with Gasteiger partial charge in [-0.15, -0.1) is 0 Å². The Morgan fingerprint density at radius 2 is 1.04 bits per heavy atom. The third-order valence-corrected chi connectivity index (χ3v) is 10.4. The van der Waals surface area contributed by atoms with E-state index in [0.29, 0.717) is 46.4 Å². The molecule has 0 aliphatic carbocycles. The maximum atomic E-state index is 13.3. The van der Waals surface area contributed by atoms with Gasteiger partial charge in [0.2, 0.25) is 0 Å². The number of amides is 2. The van der Waals surface area contributed by atoms with E-state index in [2.05, 4.69) is 19.7 Å². The third-order valence-electron chi connectivity index (χ3n) is 7.05. The van der Waals surface area contributed by atoms with Crippen LogP contribution in [0.2, 0.25) is 0 Å². The molecule has 4 N–H and O–H groups in total. The monoisotopic (exact) mass is 844 g/mol. The molecule has 0 radical (unpaired) electrons. The smallest absolute Gasteiger partial charge is 0.359 e. The van der Waals surface area contributed by atoms with Gasteiger partial charge in [-0.1, -0.05) is 36.5 Å². The normalized spacial score (nSPS) is 17.9. The molecule has 2 heterocycles. The number of hydrogen-bond donors (Lipinski definition) is 4. The largest absolute Gasteiger partial charge is 0.464 e. The predicted molar refractivity (Wildman–Crippen MR) is 185 cm³/mol. The van der Waals surface area contributed by atoms with Gasteiger partial charge in [-0.05, 0) is 42.5 Å². The van der Waals surface area contributed by atoms with E-state index >= 15 is 0 Å². The van der Waals surface area contributed by atoms with Crippen LogP contribution < -0.4 is 10.0 Å². The molecule has 26 heteroatoms. The Hall–Kier alpha value is -5.74. The average molecular weight is 845 g/mol.